The Hall–Kier alpha value is -0.890. The van der Waals surface area contributed by atoms with Crippen LogP contribution in [-0.4, -0.2) is 59.7 Å². The highest BCUT2D eigenvalue weighted by Gasteiger charge is 2.42. The lowest BCUT2D eigenvalue weighted by molar-refractivity contribution is -0.282. The van der Waals surface area contributed by atoms with Crippen molar-refractivity contribution >= 4 is 0 Å². The van der Waals surface area contributed by atoms with Crippen molar-refractivity contribution in [1.29, 1.82) is 0 Å². The van der Waals surface area contributed by atoms with Crippen LogP contribution in [0.5, 0.6) is 0 Å². The zero-order valence-corrected chi connectivity index (χ0v) is 10.2. The van der Waals surface area contributed by atoms with Gasteiger partial charge in [0.25, 0.3) is 0 Å². The van der Waals surface area contributed by atoms with E-state index in [1.165, 1.54) is 0 Å². The number of azide groups is 1. The zero-order chi connectivity index (χ0) is 13.5. The summed E-state index contributed by atoms with van der Waals surface area (Å²) < 4.78 is 10.8. The molecule has 3 N–H and O–H groups in total. The predicted octanol–water partition coefficient (Wildman–Crippen LogP) is -0.222. The maximum absolute atomic E-state index is 9.77. The van der Waals surface area contributed by atoms with Gasteiger partial charge in [0.05, 0.1) is 12.7 Å². The fourth-order valence-corrected chi connectivity index (χ4v) is 1.79. The van der Waals surface area contributed by atoms with Gasteiger partial charge in [-0.05, 0) is 12.0 Å². The minimum atomic E-state index is -1.12. The number of aliphatic hydroxyl groups excluding tert-OH is 3. The maximum Gasteiger partial charge on any atom is 0.163 e. The van der Waals surface area contributed by atoms with Crippen molar-refractivity contribution < 1.29 is 24.8 Å². The summed E-state index contributed by atoms with van der Waals surface area (Å²) in [6.07, 6.45) is -3.12. The van der Waals surface area contributed by atoms with Gasteiger partial charge >= 0.3 is 0 Å². The standard InChI is InChI=1S/C10H19N3O5/c1-6-8(15)9(16)7(5-14)18-10(6)17-4-2-3-12-13-11/h6-10,14-16H,2-5H2,1H3/t6?,7?,8-,9+,10+/m1/s1. The number of hydrogen-bond donors (Lipinski definition) is 3. The van der Waals surface area contributed by atoms with Gasteiger partial charge in [-0.3, -0.25) is 0 Å². The van der Waals surface area contributed by atoms with Gasteiger partial charge in [0.1, 0.15) is 12.2 Å². The Morgan fingerprint density at radius 3 is 2.72 bits per heavy atom. The molecule has 0 saturated carbocycles. The van der Waals surface area contributed by atoms with Gasteiger partial charge in [-0.15, -0.1) is 0 Å². The first-order valence-corrected chi connectivity index (χ1v) is 5.86. The summed E-state index contributed by atoms with van der Waals surface area (Å²) >= 11 is 0. The topological polar surface area (TPSA) is 128 Å². The molecular formula is C10H19N3O5. The molecule has 18 heavy (non-hydrogen) atoms. The van der Waals surface area contributed by atoms with Crippen molar-refractivity contribution in [3.63, 3.8) is 0 Å². The lowest BCUT2D eigenvalue weighted by atomic mass is 9.92. The number of hydrogen-bond acceptors (Lipinski definition) is 6. The SMILES string of the molecule is CC1[C@@H](OCCCN=[N+]=[N-])OC(CO)[C@H](O)[C@@H]1O. The minimum Gasteiger partial charge on any atom is -0.394 e. The average molecular weight is 261 g/mol. The summed E-state index contributed by atoms with van der Waals surface area (Å²) in [5.74, 6) is -0.401. The van der Waals surface area contributed by atoms with E-state index in [1.807, 2.05) is 0 Å². The molecule has 0 amide bonds. The predicted molar refractivity (Wildman–Crippen MR) is 61.5 cm³/mol. The second kappa shape index (κ2) is 7.52. The molecule has 8 nitrogen and oxygen atoms in total. The molecule has 8 heteroatoms. The third kappa shape index (κ3) is 3.81. The first kappa shape index (κ1) is 15.2. The Balaban J connectivity index is 2.41. The van der Waals surface area contributed by atoms with Gasteiger partial charge in [0, 0.05) is 24.0 Å². The lowest BCUT2D eigenvalue weighted by Gasteiger charge is -2.40. The van der Waals surface area contributed by atoms with E-state index < -0.39 is 30.5 Å². The molecule has 0 bridgehead atoms. The molecule has 0 aromatic heterocycles. The first-order chi connectivity index (χ1) is 8.61. The van der Waals surface area contributed by atoms with E-state index in [-0.39, 0.29) is 6.61 Å². The van der Waals surface area contributed by atoms with E-state index in [1.54, 1.807) is 6.92 Å². The average Bonchev–Trinajstić information content (AvgIpc) is 2.38. The molecule has 1 fully saturated rings. The molecule has 1 aliphatic heterocycles. The van der Waals surface area contributed by atoms with Crippen molar-refractivity contribution in [2.45, 2.75) is 37.9 Å². The summed E-state index contributed by atoms with van der Waals surface area (Å²) in [4.78, 5) is 2.61. The van der Waals surface area contributed by atoms with E-state index in [0.717, 1.165) is 0 Å². The van der Waals surface area contributed by atoms with Crippen LogP contribution >= 0.6 is 0 Å². The summed E-state index contributed by atoms with van der Waals surface area (Å²) in [5.41, 5.74) is 8.09. The monoisotopic (exact) mass is 261 g/mol. The van der Waals surface area contributed by atoms with Crippen LogP contribution in [0, 0.1) is 5.92 Å². The van der Waals surface area contributed by atoms with Gasteiger partial charge in [0.15, 0.2) is 6.29 Å². The number of aliphatic hydroxyl groups is 3. The van der Waals surface area contributed by atoms with Crippen LogP contribution < -0.4 is 0 Å². The van der Waals surface area contributed by atoms with Crippen molar-refractivity contribution in [3.8, 4) is 0 Å². The Bertz CT molecular complexity index is 295. The molecular weight excluding hydrogens is 242 g/mol. The van der Waals surface area contributed by atoms with Crippen LogP contribution in [0.15, 0.2) is 5.11 Å². The van der Waals surface area contributed by atoms with E-state index in [2.05, 4.69) is 10.0 Å². The Labute approximate surface area is 105 Å². The van der Waals surface area contributed by atoms with Crippen molar-refractivity contribution in [1.82, 2.24) is 0 Å². The summed E-state index contributed by atoms with van der Waals surface area (Å²) in [6.45, 7) is 1.95. The number of ether oxygens (including phenoxy) is 2. The quantitative estimate of drug-likeness (QED) is 0.263. The second-order valence-corrected chi connectivity index (χ2v) is 4.24. The fourth-order valence-electron chi connectivity index (χ4n) is 1.79. The first-order valence-electron chi connectivity index (χ1n) is 5.86. The zero-order valence-electron chi connectivity index (χ0n) is 10.2. The summed E-state index contributed by atoms with van der Waals surface area (Å²) in [7, 11) is 0. The van der Waals surface area contributed by atoms with Gasteiger partial charge in [0.2, 0.25) is 0 Å². The minimum absolute atomic E-state index is 0.314. The van der Waals surface area contributed by atoms with Gasteiger partial charge < -0.3 is 24.8 Å². The highest BCUT2D eigenvalue weighted by atomic mass is 16.7. The maximum atomic E-state index is 9.77. The van der Waals surface area contributed by atoms with Crippen LogP contribution in [0.1, 0.15) is 13.3 Å². The fraction of sp³-hybridized carbons (Fsp3) is 1.00. The molecule has 0 spiro atoms. The molecule has 1 rings (SSSR count). The molecule has 0 aromatic carbocycles. The van der Waals surface area contributed by atoms with Crippen LogP contribution in [0.4, 0.5) is 0 Å². The van der Waals surface area contributed by atoms with Gasteiger partial charge in [-0.2, -0.15) is 0 Å². The van der Waals surface area contributed by atoms with Crippen LogP contribution in [0.3, 0.4) is 0 Å². The molecule has 5 atom stereocenters. The highest BCUT2D eigenvalue weighted by molar-refractivity contribution is 4.86. The Morgan fingerprint density at radius 2 is 2.11 bits per heavy atom. The van der Waals surface area contributed by atoms with Crippen molar-refractivity contribution in [2.75, 3.05) is 19.8 Å². The van der Waals surface area contributed by atoms with Gasteiger partial charge in [-0.25, -0.2) is 0 Å². The summed E-state index contributed by atoms with van der Waals surface area (Å²) in [6, 6.07) is 0. The molecule has 1 heterocycles. The lowest BCUT2D eigenvalue weighted by Crippen LogP contribution is -2.55. The number of rotatable bonds is 6. The van der Waals surface area contributed by atoms with Crippen LogP contribution in [0.2, 0.25) is 0 Å². The largest absolute Gasteiger partial charge is 0.394 e. The number of nitrogens with zero attached hydrogens (tertiary/aromatic N) is 3. The molecule has 2 unspecified atom stereocenters. The van der Waals surface area contributed by atoms with E-state index in [9.17, 15) is 10.2 Å². The third-order valence-electron chi connectivity index (χ3n) is 2.94. The van der Waals surface area contributed by atoms with E-state index >= 15 is 0 Å². The molecule has 0 aliphatic carbocycles. The Morgan fingerprint density at radius 1 is 1.39 bits per heavy atom. The normalized spacial score (nSPS) is 36.1. The molecule has 0 radical (unpaired) electrons. The van der Waals surface area contributed by atoms with E-state index in [4.69, 9.17) is 20.1 Å². The summed E-state index contributed by atoms with van der Waals surface area (Å²) in [5, 5.41) is 31.8. The molecule has 0 aromatic rings. The van der Waals surface area contributed by atoms with Crippen LogP contribution in [-0.2, 0) is 9.47 Å². The van der Waals surface area contributed by atoms with Crippen molar-refractivity contribution in [2.24, 2.45) is 11.0 Å². The smallest absolute Gasteiger partial charge is 0.163 e. The molecule has 1 aliphatic rings. The molecule has 104 valence electrons. The van der Waals surface area contributed by atoms with Crippen LogP contribution in [0.25, 0.3) is 10.4 Å². The van der Waals surface area contributed by atoms with Crippen molar-refractivity contribution in [3.05, 3.63) is 10.4 Å². The highest BCUT2D eigenvalue weighted by Crippen LogP contribution is 2.26. The van der Waals surface area contributed by atoms with Gasteiger partial charge in [-0.1, -0.05) is 12.0 Å². The van der Waals surface area contributed by atoms with E-state index in [0.29, 0.717) is 19.6 Å². The Kier molecular flexibility index (Phi) is 6.34. The second-order valence-electron chi connectivity index (χ2n) is 4.24. The third-order valence-corrected chi connectivity index (χ3v) is 2.94. The molecule has 1 saturated heterocycles.